The number of aromatic nitrogens is 1. The lowest BCUT2D eigenvalue weighted by molar-refractivity contribution is 0.210. The van der Waals surface area contributed by atoms with Gasteiger partial charge in [0.05, 0.1) is 10.2 Å². The topological polar surface area (TPSA) is 28.2 Å². The minimum atomic E-state index is 0.119. The predicted molar refractivity (Wildman–Crippen MR) is 80.6 cm³/mol. The third-order valence-electron chi connectivity index (χ3n) is 3.43. The molecule has 0 amide bonds. The van der Waals surface area contributed by atoms with E-state index in [-0.39, 0.29) is 5.54 Å². The molecule has 3 nitrogen and oxygen atoms in total. The molecular weight excluding hydrogens is 242 g/mol. The van der Waals surface area contributed by atoms with Crippen molar-refractivity contribution in [1.82, 2.24) is 9.88 Å². The highest BCUT2D eigenvalue weighted by Gasteiger charge is 2.20. The first-order valence-corrected chi connectivity index (χ1v) is 6.99. The van der Waals surface area contributed by atoms with Gasteiger partial charge in [-0.15, -0.1) is 0 Å². The highest BCUT2D eigenvalue weighted by atomic mass is 32.1. The van der Waals surface area contributed by atoms with Gasteiger partial charge < -0.3 is 10.2 Å². The van der Waals surface area contributed by atoms with Crippen LogP contribution in [0.5, 0.6) is 0 Å². The van der Waals surface area contributed by atoms with E-state index < -0.39 is 0 Å². The second-order valence-electron chi connectivity index (χ2n) is 5.55. The maximum absolute atomic E-state index is 4.62. The van der Waals surface area contributed by atoms with E-state index >= 15 is 0 Å². The summed E-state index contributed by atoms with van der Waals surface area (Å²) in [5.41, 5.74) is 2.46. The van der Waals surface area contributed by atoms with Gasteiger partial charge in [-0.3, -0.25) is 0 Å². The summed E-state index contributed by atoms with van der Waals surface area (Å²) in [6.45, 7) is 7.43. The van der Waals surface area contributed by atoms with Gasteiger partial charge in [0.25, 0.3) is 0 Å². The van der Waals surface area contributed by atoms with Gasteiger partial charge in [-0.2, -0.15) is 0 Å². The molecule has 0 aliphatic rings. The summed E-state index contributed by atoms with van der Waals surface area (Å²) < 4.78 is 1.24. The zero-order valence-corrected chi connectivity index (χ0v) is 12.6. The molecular formula is C14H21N3S. The lowest BCUT2D eigenvalue weighted by atomic mass is 10.1. The molecule has 1 aromatic heterocycles. The van der Waals surface area contributed by atoms with Crippen LogP contribution in [-0.2, 0) is 0 Å². The molecule has 1 aromatic carbocycles. The van der Waals surface area contributed by atoms with E-state index in [1.807, 2.05) is 0 Å². The monoisotopic (exact) mass is 263 g/mol. The van der Waals surface area contributed by atoms with Crippen LogP contribution in [0, 0.1) is 6.92 Å². The van der Waals surface area contributed by atoms with Crippen LogP contribution >= 0.6 is 11.3 Å². The molecule has 0 spiro atoms. The van der Waals surface area contributed by atoms with Gasteiger partial charge in [0.15, 0.2) is 5.13 Å². The number of likely N-dealkylation sites (N-methyl/N-ethyl adjacent to an activating group) is 1. The number of rotatable bonds is 4. The van der Waals surface area contributed by atoms with Gasteiger partial charge in [-0.25, -0.2) is 4.98 Å². The van der Waals surface area contributed by atoms with Gasteiger partial charge >= 0.3 is 0 Å². The Kier molecular flexibility index (Phi) is 3.59. The molecule has 2 rings (SSSR count). The number of fused-ring (bicyclic) bond motifs is 1. The Labute approximate surface area is 113 Å². The summed E-state index contributed by atoms with van der Waals surface area (Å²) in [5.74, 6) is 0. The van der Waals surface area contributed by atoms with E-state index in [4.69, 9.17) is 0 Å². The Morgan fingerprint density at radius 2 is 2.06 bits per heavy atom. The average molecular weight is 263 g/mol. The molecule has 4 heteroatoms. The van der Waals surface area contributed by atoms with Crippen molar-refractivity contribution >= 4 is 26.7 Å². The third-order valence-corrected chi connectivity index (χ3v) is 4.42. The molecule has 0 radical (unpaired) electrons. The van der Waals surface area contributed by atoms with Gasteiger partial charge in [0.1, 0.15) is 0 Å². The Bertz CT molecular complexity index is 543. The van der Waals surface area contributed by atoms with Gasteiger partial charge in [-0.05, 0) is 52.6 Å². The fourth-order valence-electron chi connectivity index (χ4n) is 1.56. The molecule has 1 N–H and O–H groups in total. The summed E-state index contributed by atoms with van der Waals surface area (Å²) in [6.07, 6.45) is 0. The molecule has 0 unspecified atom stereocenters. The fourth-order valence-corrected chi connectivity index (χ4v) is 2.40. The SMILES string of the molecule is Cc1ccc2sc(NCC(C)(C)N(C)C)nc2c1. The van der Waals surface area contributed by atoms with E-state index in [0.29, 0.717) is 0 Å². The Hall–Kier alpha value is -1.13. The van der Waals surface area contributed by atoms with E-state index in [0.717, 1.165) is 17.2 Å². The Morgan fingerprint density at radius 3 is 2.72 bits per heavy atom. The second-order valence-corrected chi connectivity index (χ2v) is 6.58. The summed E-state index contributed by atoms with van der Waals surface area (Å²) in [7, 11) is 4.20. The number of nitrogens with zero attached hydrogens (tertiary/aromatic N) is 2. The molecule has 0 aliphatic carbocycles. The summed E-state index contributed by atoms with van der Waals surface area (Å²) >= 11 is 1.72. The van der Waals surface area contributed by atoms with E-state index in [1.165, 1.54) is 10.3 Å². The largest absolute Gasteiger partial charge is 0.360 e. The molecule has 0 saturated carbocycles. The first kappa shape index (κ1) is 13.3. The smallest absolute Gasteiger partial charge is 0.183 e. The fraction of sp³-hybridized carbons (Fsp3) is 0.500. The minimum absolute atomic E-state index is 0.119. The van der Waals surface area contributed by atoms with Crippen molar-refractivity contribution in [2.75, 3.05) is 26.0 Å². The number of hydrogen-bond acceptors (Lipinski definition) is 4. The maximum Gasteiger partial charge on any atom is 0.183 e. The van der Waals surface area contributed by atoms with Crippen LogP contribution in [0.15, 0.2) is 18.2 Å². The van der Waals surface area contributed by atoms with E-state index in [9.17, 15) is 0 Å². The van der Waals surface area contributed by atoms with Crippen LogP contribution < -0.4 is 5.32 Å². The molecule has 0 atom stereocenters. The average Bonchev–Trinajstić information content (AvgIpc) is 2.68. The van der Waals surface area contributed by atoms with Crippen LogP contribution in [0.25, 0.3) is 10.2 Å². The lowest BCUT2D eigenvalue weighted by Gasteiger charge is -2.32. The number of benzene rings is 1. The van der Waals surface area contributed by atoms with Crippen LogP contribution in [0.2, 0.25) is 0 Å². The van der Waals surface area contributed by atoms with Crippen molar-refractivity contribution in [3.8, 4) is 0 Å². The molecule has 0 fully saturated rings. The van der Waals surface area contributed by atoms with Crippen LogP contribution in [0.3, 0.4) is 0 Å². The highest BCUT2D eigenvalue weighted by Crippen LogP contribution is 2.27. The molecule has 1 heterocycles. The van der Waals surface area contributed by atoms with Crippen molar-refractivity contribution < 1.29 is 0 Å². The normalized spacial score (nSPS) is 12.3. The Balaban J connectivity index is 2.13. The zero-order chi connectivity index (χ0) is 13.3. The Morgan fingerprint density at radius 1 is 1.33 bits per heavy atom. The quantitative estimate of drug-likeness (QED) is 0.917. The number of thiazole rings is 1. The highest BCUT2D eigenvalue weighted by molar-refractivity contribution is 7.22. The van der Waals surface area contributed by atoms with Crippen molar-refractivity contribution in [2.24, 2.45) is 0 Å². The second kappa shape index (κ2) is 4.86. The van der Waals surface area contributed by atoms with E-state index in [1.54, 1.807) is 11.3 Å². The van der Waals surface area contributed by atoms with Crippen LogP contribution in [-0.4, -0.2) is 36.1 Å². The predicted octanol–water partition coefficient (Wildman–Crippen LogP) is 3.36. The van der Waals surface area contributed by atoms with Crippen molar-refractivity contribution in [2.45, 2.75) is 26.3 Å². The minimum Gasteiger partial charge on any atom is -0.360 e. The zero-order valence-electron chi connectivity index (χ0n) is 11.7. The van der Waals surface area contributed by atoms with Crippen molar-refractivity contribution in [3.63, 3.8) is 0 Å². The summed E-state index contributed by atoms with van der Waals surface area (Å²) in [5, 5.41) is 4.45. The molecule has 98 valence electrons. The standard InChI is InChI=1S/C14H21N3S/c1-10-6-7-12-11(8-10)16-13(18-12)15-9-14(2,3)17(4)5/h6-8H,9H2,1-5H3,(H,15,16). The summed E-state index contributed by atoms with van der Waals surface area (Å²) in [6, 6.07) is 6.41. The number of anilines is 1. The number of hydrogen-bond donors (Lipinski definition) is 1. The van der Waals surface area contributed by atoms with Gasteiger partial charge in [0, 0.05) is 12.1 Å². The molecule has 18 heavy (non-hydrogen) atoms. The van der Waals surface area contributed by atoms with Gasteiger partial charge in [0.2, 0.25) is 0 Å². The van der Waals surface area contributed by atoms with Gasteiger partial charge in [-0.1, -0.05) is 17.4 Å². The molecule has 0 bridgehead atoms. The van der Waals surface area contributed by atoms with Crippen LogP contribution in [0.1, 0.15) is 19.4 Å². The molecule has 2 aromatic rings. The lowest BCUT2D eigenvalue weighted by Crippen LogP contribution is -2.44. The van der Waals surface area contributed by atoms with Crippen LogP contribution in [0.4, 0.5) is 5.13 Å². The first-order valence-electron chi connectivity index (χ1n) is 6.17. The molecule has 0 saturated heterocycles. The van der Waals surface area contributed by atoms with Crippen molar-refractivity contribution in [3.05, 3.63) is 23.8 Å². The third kappa shape index (κ3) is 2.82. The number of aryl methyl sites for hydroxylation is 1. The first-order chi connectivity index (χ1) is 8.38. The number of nitrogens with one attached hydrogen (secondary N) is 1. The van der Waals surface area contributed by atoms with Crippen molar-refractivity contribution in [1.29, 1.82) is 0 Å². The molecule has 0 aliphatic heterocycles. The summed E-state index contributed by atoms with van der Waals surface area (Å²) in [4.78, 5) is 6.84. The van der Waals surface area contributed by atoms with E-state index in [2.05, 4.69) is 68.3 Å². The maximum atomic E-state index is 4.62.